The lowest BCUT2D eigenvalue weighted by molar-refractivity contribution is -0.0537. The molecule has 1 atom stereocenters. The topological polar surface area (TPSA) is 68.8 Å². The second-order valence-electron chi connectivity index (χ2n) is 7.13. The van der Waals surface area contributed by atoms with Crippen LogP contribution in [0.15, 0.2) is 6.20 Å². The molecular formula is C15H25N5. The average Bonchev–Trinajstić information content (AvgIpc) is 2.90. The zero-order valence-electron chi connectivity index (χ0n) is 12.2. The predicted molar refractivity (Wildman–Crippen MR) is 76.3 cm³/mol. The SMILES string of the molecule is CCn1nncc1C(NN)C1C2CC3CC(C2)CC1C3. The Bertz CT molecular complexity index is 454. The van der Waals surface area contributed by atoms with Crippen LogP contribution in [0.5, 0.6) is 0 Å². The summed E-state index contributed by atoms with van der Waals surface area (Å²) in [6, 6.07) is 0.222. The van der Waals surface area contributed by atoms with Crippen molar-refractivity contribution in [3.63, 3.8) is 0 Å². The van der Waals surface area contributed by atoms with E-state index in [0.29, 0.717) is 5.92 Å². The molecule has 1 aromatic heterocycles. The van der Waals surface area contributed by atoms with Gasteiger partial charge in [0.2, 0.25) is 0 Å². The first-order chi connectivity index (χ1) is 9.80. The molecule has 110 valence electrons. The molecule has 0 aliphatic heterocycles. The number of aromatic nitrogens is 3. The first-order valence-corrected chi connectivity index (χ1v) is 8.14. The summed E-state index contributed by atoms with van der Waals surface area (Å²) in [4.78, 5) is 0. The van der Waals surface area contributed by atoms with Crippen molar-refractivity contribution in [2.45, 2.75) is 51.6 Å². The molecule has 5 nitrogen and oxygen atoms in total. The molecule has 5 rings (SSSR count). The Balaban J connectivity index is 1.65. The molecule has 4 aliphatic rings. The van der Waals surface area contributed by atoms with Crippen LogP contribution in [0.1, 0.15) is 50.8 Å². The van der Waals surface area contributed by atoms with Crippen molar-refractivity contribution < 1.29 is 0 Å². The van der Waals surface area contributed by atoms with Gasteiger partial charge < -0.3 is 0 Å². The largest absolute Gasteiger partial charge is 0.271 e. The van der Waals surface area contributed by atoms with Crippen LogP contribution in [0, 0.1) is 29.6 Å². The Morgan fingerprint density at radius 1 is 1.25 bits per heavy atom. The van der Waals surface area contributed by atoms with Gasteiger partial charge in [-0.25, -0.2) is 4.68 Å². The molecule has 3 N–H and O–H groups in total. The molecule has 5 heteroatoms. The molecule has 4 aliphatic carbocycles. The number of nitrogens with two attached hydrogens (primary N) is 1. The van der Waals surface area contributed by atoms with Crippen molar-refractivity contribution in [2.75, 3.05) is 0 Å². The minimum Gasteiger partial charge on any atom is -0.271 e. The first-order valence-electron chi connectivity index (χ1n) is 8.14. The van der Waals surface area contributed by atoms with E-state index in [1.807, 2.05) is 10.9 Å². The number of aryl methyl sites for hydroxylation is 1. The number of rotatable bonds is 4. The molecule has 0 spiro atoms. The molecular weight excluding hydrogens is 250 g/mol. The highest BCUT2D eigenvalue weighted by Gasteiger charge is 2.51. The van der Waals surface area contributed by atoms with E-state index in [2.05, 4.69) is 22.7 Å². The maximum atomic E-state index is 5.95. The Kier molecular flexibility index (Phi) is 3.07. The number of hydrazine groups is 1. The number of hydrogen-bond acceptors (Lipinski definition) is 4. The van der Waals surface area contributed by atoms with Gasteiger partial charge in [-0.1, -0.05) is 5.21 Å². The van der Waals surface area contributed by atoms with Gasteiger partial charge in [-0.05, 0) is 68.6 Å². The van der Waals surface area contributed by atoms with Crippen LogP contribution >= 0.6 is 0 Å². The molecule has 0 saturated heterocycles. The maximum absolute atomic E-state index is 5.95. The highest BCUT2D eigenvalue weighted by atomic mass is 15.4. The fourth-order valence-electron chi connectivity index (χ4n) is 5.66. The van der Waals surface area contributed by atoms with Gasteiger partial charge in [-0.2, -0.15) is 0 Å². The quantitative estimate of drug-likeness (QED) is 0.650. The van der Waals surface area contributed by atoms with Crippen molar-refractivity contribution in [2.24, 2.45) is 35.4 Å². The fraction of sp³-hybridized carbons (Fsp3) is 0.867. The second kappa shape index (κ2) is 4.81. The predicted octanol–water partition coefficient (Wildman–Crippen LogP) is 1.87. The minimum atomic E-state index is 0.222. The van der Waals surface area contributed by atoms with E-state index >= 15 is 0 Å². The van der Waals surface area contributed by atoms with E-state index in [4.69, 9.17) is 5.84 Å². The average molecular weight is 275 g/mol. The van der Waals surface area contributed by atoms with Crippen LogP contribution in [0.4, 0.5) is 0 Å². The van der Waals surface area contributed by atoms with Crippen LogP contribution in [0.25, 0.3) is 0 Å². The molecule has 20 heavy (non-hydrogen) atoms. The zero-order valence-corrected chi connectivity index (χ0v) is 12.2. The molecule has 4 saturated carbocycles. The smallest absolute Gasteiger partial charge is 0.0772 e. The third kappa shape index (κ3) is 1.83. The van der Waals surface area contributed by atoms with Gasteiger partial charge in [0.25, 0.3) is 0 Å². The normalized spacial score (nSPS) is 40.2. The minimum absolute atomic E-state index is 0.222. The fourth-order valence-corrected chi connectivity index (χ4v) is 5.66. The van der Waals surface area contributed by atoms with Gasteiger partial charge in [0.1, 0.15) is 0 Å². The van der Waals surface area contributed by atoms with Crippen LogP contribution in [-0.2, 0) is 6.54 Å². The van der Waals surface area contributed by atoms with E-state index in [9.17, 15) is 0 Å². The summed E-state index contributed by atoms with van der Waals surface area (Å²) in [7, 11) is 0. The van der Waals surface area contributed by atoms with E-state index in [1.165, 1.54) is 37.8 Å². The molecule has 0 amide bonds. The van der Waals surface area contributed by atoms with Gasteiger partial charge in [0.15, 0.2) is 0 Å². The van der Waals surface area contributed by atoms with E-state index in [-0.39, 0.29) is 6.04 Å². The zero-order chi connectivity index (χ0) is 13.7. The number of nitrogens with one attached hydrogen (secondary N) is 1. The highest BCUT2D eigenvalue weighted by molar-refractivity contribution is 5.10. The van der Waals surface area contributed by atoms with Crippen LogP contribution in [0.3, 0.4) is 0 Å². The molecule has 4 fully saturated rings. The van der Waals surface area contributed by atoms with Crippen LogP contribution in [0.2, 0.25) is 0 Å². The van der Waals surface area contributed by atoms with Gasteiger partial charge in [-0.15, -0.1) is 5.10 Å². The lowest BCUT2D eigenvalue weighted by atomic mass is 9.50. The van der Waals surface area contributed by atoms with Crippen molar-refractivity contribution in [3.05, 3.63) is 11.9 Å². The summed E-state index contributed by atoms with van der Waals surface area (Å²) < 4.78 is 2.00. The van der Waals surface area contributed by atoms with Crippen molar-refractivity contribution in [1.82, 2.24) is 20.4 Å². The van der Waals surface area contributed by atoms with Crippen LogP contribution < -0.4 is 11.3 Å². The van der Waals surface area contributed by atoms with Gasteiger partial charge in [0, 0.05) is 6.54 Å². The van der Waals surface area contributed by atoms with Crippen LogP contribution in [-0.4, -0.2) is 15.0 Å². The molecule has 4 bridgehead atoms. The summed E-state index contributed by atoms with van der Waals surface area (Å²) in [5.41, 5.74) is 4.28. The van der Waals surface area contributed by atoms with Crippen molar-refractivity contribution >= 4 is 0 Å². The van der Waals surface area contributed by atoms with Crippen molar-refractivity contribution in [3.8, 4) is 0 Å². The van der Waals surface area contributed by atoms with E-state index < -0.39 is 0 Å². The van der Waals surface area contributed by atoms with Gasteiger partial charge in [0.05, 0.1) is 17.9 Å². The Morgan fingerprint density at radius 2 is 1.90 bits per heavy atom. The summed E-state index contributed by atoms with van der Waals surface area (Å²) >= 11 is 0. The van der Waals surface area contributed by atoms with Gasteiger partial charge >= 0.3 is 0 Å². The Hall–Kier alpha value is -0.940. The van der Waals surface area contributed by atoms with E-state index in [1.54, 1.807) is 0 Å². The molecule has 1 aromatic rings. The Morgan fingerprint density at radius 3 is 2.45 bits per heavy atom. The number of hydrogen-bond donors (Lipinski definition) is 2. The first kappa shape index (κ1) is 12.8. The summed E-state index contributed by atoms with van der Waals surface area (Å²) in [5, 5.41) is 8.28. The molecule has 0 aromatic carbocycles. The number of nitrogens with zero attached hydrogens (tertiary/aromatic N) is 3. The maximum Gasteiger partial charge on any atom is 0.0772 e. The third-order valence-electron chi connectivity index (χ3n) is 6.13. The molecule has 0 radical (unpaired) electrons. The highest BCUT2D eigenvalue weighted by Crippen LogP contribution is 2.59. The van der Waals surface area contributed by atoms with Crippen molar-refractivity contribution in [1.29, 1.82) is 0 Å². The molecule has 1 unspecified atom stereocenters. The monoisotopic (exact) mass is 275 g/mol. The Labute approximate surface area is 120 Å². The van der Waals surface area contributed by atoms with E-state index in [0.717, 1.165) is 30.2 Å². The summed E-state index contributed by atoms with van der Waals surface area (Å²) in [5.74, 6) is 10.3. The molecule has 1 heterocycles. The second-order valence-corrected chi connectivity index (χ2v) is 7.13. The lowest BCUT2D eigenvalue weighted by Crippen LogP contribution is -2.51. The lowest BCUT2D eigenvalue weighted by Gasteiger charge is -2.56. The summed E-state index contributed by atoms with van der Waals surface area (Å²) in [6.45, 7) is 2.98. The third-order valence-corrected chi connectivity index (χ3v) is 6.13. The summed E-state index contributed by atoms with van der Waals surface area (Å²) in [6.07, 6.45) is 9.08. The standard InChI is InChI=1S/C15H25N5/c1-2-20-13(8-17-19-20)15(18-16)14-11-4-9-3-10(6-11)7-12(14)5-9/h8-12,14-15,18H,2-7,16H2,1H3. The van der Waals surface area contributed by atoms with Gasteiger partial charge in [-0.3, -0.25) is 11.3 Å².